The number of nitrogens with zero attached hydrogens (tertiary/aromatic N) is 7. The molecule has 11 heteroatoms. The third kappa shape index (κ3) is 6.26. The van der Waals surface area contributed by atoms with Gasteiger partial charge in [-0.25, -0.2) is 4.98 Å². The summed E-state index contributed by atoms with van der Waals surface area (Å²) in [5.41, 5.74) is 4.60. The van der Waals surface area contributed by atoms with Crippen molar-refractivity contribution in [2.45, 2.75) is 0 Å². The Kier molecular flexibility index (Phi) is 8.00. The van der Waals surface area contributed by atoms with Crippen LogP contribution in [-0.2, 0) is 4.79 Å². The van der Waals surface area contributed by atoms with Crippen molar-refractivity contribution in [3.05, 3.63) is 66.4 Å². The van der Waals surface area contributed by atoms with Gasteiger partial charge in [0.15, 0.2) is 5.65 Å². The van der Waals surface area contributed by atoms with E-state index in [2.05, 4.69) is 60.9 Å². The average molecular weight is 537 g/mol. The van der Waals surface area contributed by atoms with Gasteiger partial charge in [-0.3, -0.25) is 9.89 Å². The highest BCUT2D eigenvalue weighted by Gasteiger charge is 2.18. The van der Waals surface area contributed by atoms with Gasteiger partial charge in [0.1, 0.15) is 0 Å². The van der Waals surface area contributed by atoms with Crippen LogP contribution in [0, 0.1) is 11.3 Å². The molecule has 0 atom stereocenters. The Morgan fingerprint density at radius 1 is 1.12 bits per heavy atom. The lowest BCUT2D eigenvalue weighted by Gasteiger charge is -2.34. The van der Waals surface area contributed by atoms with E-state index in [0.29, 0.717) is 46.0 Å². The lowest BCUT2D eigenvalue weighted by Crippen LogP contribution is -2.44. The van der Waals surface area contributed by atoms with Gasteiger partial charge in [-0.05, 0) is 57.5 Å². The Labute approximate surface area is 233 Å². The molecule has 1 aliphatic rings. The molecule has 3 heterocycles. The minimum Gasteiger partial charge on any atom is -0.369 e. The van der Waals surface area contributed by atoms with Crippen molar-refractivity contribution in [3.63, 3.8) is 0 Å². The van der Waals surface area contributed by atoms with E-state index < -0.39 is 0 Å². The number of carbonyl (C=O) groups is 1. The summed E-state index contributed by atoms with van der Waals surface area (Å²) >= 11 is 0. The van der Waals surface area contributed by atoms with Gasteiger partial charge in [-0.1, -0.05) is 12.1 Å². The molecule has 204 valence electrons. The maximum atomic E-state index is 12.4. The van der Waals surface area contributed by atoms with Crippen molar-refractivity contribution in [1.82, 2.24) is 30.0 Å². The molecule has 1 saturated heterocycles. The van der Waals surface area contributed by atoms with Crippen LogP contribution in [0.3, 0.4) is 0 Å². The van der Waals surface area contributed by atoms with E-state index in [1.165, 1.54) is 6.08 Å². The van der Waals surface area contributed by atoms with Gasteiger partial charge in [0, 0.05) is 61.4 Å². The molecular weight excluding hydrogens is 504 g/mol. The SMILES string of the molecule is CN(C)C/C=C/C(=O)Nc1ccc(C#N)c(-c2nc(Nc3cccc(N4CCN(C)CC4)c3)nc3[nH]ncc23)c1. The number of nitrogens with one attached hydrogen (secondary N) is 3. The molecule has 1 fully saturated rings. The number of fused-ring (bicyclic) bond motifs is 1. The summed E-state index contributed by atoms with van der Waals surface area (Å²) in [4.78, 5) is 28.5. The molecule has 0 saturated carbocycles. The summed E-state index contributed by atoms with van der Waals surface area (Å²) in [6.45, 7) is 4.63. The van der Waals surface area contributed by atoms with Gasteiger partial charge in [-0.15, -0.1) is 0 Å². The molecule has 0 radical (unpaired) electrons. The standard InChI is InChI=1S/C29H32N10O/c1-37(2)11-5-8-26(40)32-22-10-9-20(18-30)24(17-22)27-25-19-31-36-28(25)35-29(34-27)33-21-6-4-7-23(16-21)39-14-12-38(3)13-15-39/h4-10,16-17,19H,11-15H2,1-3H3,(H,32,40)(H2,31,33,34,35,36)/b8-5+. The zero-order valence-electron chi connectivity index (χ0n) is 22.8. The van der Waals surface area contributed by atoms with Crippen LogP contribution in [0.15, 0.2) is 60.8 Å². The number of anilines is 4. The number of hydrogen-bond donors (Lipinski definition) is 3. The van der Waals surface area contributed by atoms with Crippen LogP contribution in [0.1, 0.15) is 5.56 Å². The number of aromatic nitrogens is 4. The van der Waals surface area contributed by atoms with E-state index in [0.717, 1.165) is 37.6 Å². The first-order valence-corrected chi connectivity index (χ1v) is 13.1. The van der Waals surface area contributed by atoms with E-state index in [9.17, 15) is 10.1 Å². The van der Waals surface area contributed by atoms with Gasteiger partial charge in [-0.2, -0.15) is 15.3 Å². The second kappa shape index (κ2) is 11.9. The third-order valence-electron chi connectivity index (χ3n) is 6.68. The number of piperazine rings is 1. The van der Waals surface area contributed by atoms with E-state index in [1.807, 2.05) is 31.1 Å². The number of hydrogen-bond acceptors (Lipinski definition) is 9. The van der Waals surface area contributed by atoms with Crippen LogP contribution in [-0.4, -0.2) is 89.7 Å². The lowest BCUT2D eigenvalue weighted by atomic mass is 10.0. The molecular formula is C29H32N10O. The van der Waals surface area contributed by atoms with Gasteiger partial charge < -0.3 is 25.3 Å². The Morgan fingerprint density at radius 2 is 1.95 bits per heavy atom. The molecule has 2 aromatic carbocycles. The predicted molar refractivity (Wildman–Crippen MR) is 158 cm³/mol. The van der Waals surface area contributed by atoms with Crippen molar-refractivity contribution in [2.75, 3.05) is 69.4 Å². The normalized spacial score (nSPS) is 14.1. The minimum atomic E-state index is -0.253. The molecule has 0 unspecified atom stereocenters. The Hall–Kier alpha value is -4.79. The topological polar surface area (TPSA) is 129 Å². The quantitative estimate of drug-likeness (QED) is 0.290. The maximum Gasteiger partial charge on any atom is 0.248 e. The molecule has 1 amide bonds. The van der Waals surface area contributed by atoms with E-state index in [-0.39, 0.29) is 5.91 Å². The Balaban J connectivity index is 1.45. The molecule has 11 nitrogen and oxygen atoms in total. The first-order valence-electron chi connectivity index (χ1n) is 13.1. The zero-order chi connectivity index (χ0) is 28.1. The van der Waals surface area contributed by atoms with Crippen LogP contribution in [0.2, 0.25) is 0 Å². The zero-order valence-corrected chi connectivity index (χ0v) is 22.8. The molecule has 3 N–H and O–H groups in total. The van der Waals surface area contributed by atoms with Crippen molar-refractivity contribution >= 4 is 40.0 Å². The van der Waals surface area contributed by atoms with Gasteiger partial charge in [0.2, 0.25) is 11.9 Å². The number of H-pyrrole nitrogens is 1. The summed E-state index contributed by atoms with van der Waals surface area (Å²) in [6, 6.07) is 15.6. The van der Waals surface area contributed by atoms with Crippen LogP contribution in [0.4, 0.5) is 23.0 Å². The van der Waals surface area contributed by atoms with Crippen LogP contribution < -0.4 is 15.5 Å². The number of amides is 1. The highest BCUT2D eigenvalue weighted by Crippen LogP contribution is 2.32. The second-order valence-electron chi connectivity index (χ2n) is 10.0. The summed E-state index contributed by atoms with van der Waals surface area (Å²) in [5, 5.41) is 23.8. The van der Waals surface area contributed by atoms with Crippen molar-refractivity contribution < 1.29 is 4.79 Å². The van der Waals surface area contributed by atoms with Crippen LogP contribution in [0.25, 0.3) is 22.3 Å². The number of likely N-dealkylation sites (N-methyl/N-ethyl adjacent to an activating group) is 2. The van der Waals surface area contributed by atoms with E-state index >= 15 is 0 Å². The van der Waals surface area contributed by atoms with E-state index in [1.54, 1.807) is 30.5 Å². The first-order chi connectivity index (χ1) is 19.4. The fourth-order valence-corrected chi connectivity index (χ4v) is 4.54. The summed E-state index contributed by atoms with van der Waals surface area (Å²) in [6.07, 6.45) is 4.92. The molecule has 5 rings (SSSR count). The smallest absolute Gasteiger partial charge is 0.248 e. The molecule has 4 aromatic rings. The van der Waals surface area contributed by atoms with E-state index in [4.69, 9.17) is 4.98 Å². The lowest BCUT2D eigenvalue weighted by molar-refractivity contribution is -0.111. The minimum absolute atomic E-state index is 0.253. The summed E-state index contributed by atoms with van der Waals surface area (Å²) in [7, 11) is 6.00. The predicted octanol–water partition coefficient (Wildman–Crippen LogP) is 3.44. The number of nitriles is 1. The monoisotopic (exact) mass is 536 g/mol. The fourth-order valence-electron chi connectivity index (χ4n) is 4.54. The molecule has 1 aliphatic heterocycles. The third-order valence-corrected chi connectivity index (χ3v) is 6.68. The van der Waals surface area contributed by atoms with Crippen molar-refractivity contribution in [1.29, 1.82) is 5.26 Å². The molecule has 0 bridgehead atoms. The number of rotatable bonds is 8. The molecule has 0 aliphatic carbocycles. The average Bonchev–Trinajstić information content (AvgIpc) is 3.42. The van der Waals surface area contributed by atoms with Crippen LogP contribution >= 0.6 is 0 Å². The van der Waals surface area contributed by atoms with Crippen molar-refractivity contribution in [3.8, 4) is 17.3 Å². The van der Waals surface area contributed by atoms with Crippen molar-refractivity contribution in [2.24, 2.45) is 0 Å². The molecule has 0 spiro atoms. The van der Waals surface area contributed by atoms with Gasteiger partial charge in [0.25, 0.3) is 0 Å². The number of benzene rings is 2. The highest BCUT2D eigenvalue weighted by atomic mass is 16.1. The Bertz CT molecular complexity index is 1580. The summed E-state index contributed by atoms with van der Waals surface area (Å²) in [5.74, 6) is 0.114. The Morgan fingerprint density at radius 3 is 2.73 bits per heavy atom. The number of carbonyl (C=O) groups excluding carboxylic acids is 1. The second-order valence-corrected chi connectivity index (χ2v) is 10.0. The van der Waals surface area contributed by atoms with Crippen LogP contribution in [0.5, 0.6) is 0 Å². The largest absolute Gasteiger partial charge is 0.369 e. The highest BCUT2D eigenvalue weighted by molar-refractivity contribution is 6.00. The number of aromatic amines is 1. The fraction of sp³-hybridized carbons (Fsp3) is 0.276. The molecule has 40 heavy (non-hydrogen) atoms. The molecule has 2 aromatic heterocycles. The first kappa shape index (κ1) is 26.8. The van der Waals surface area contributed by atoms with Gasteiger partial charge in [0.05, 0.1) is 28.9 Å². The summed E-state index contributed by atoms with van der Waals surface area (Å²) < 4.78 is 0. The van der Waals surface area contributed by atoms with Gasteiger partial charge >= 0.3 is 0 Å². The maximum absolute atomic E-state index is 12.4.